The van der Waals surface area contributed by atoms with Crippen LogP contribution >= 0.6 is 15.9 Å². The highest BCUT2D eigenvalue weighted by Gasteiger charge is 2.32. The molecule has 4 heteroatoms. The van der Waals surface area contributed by atoms with E-state index in [0.717, 1.165) is 30.4 Å². The fraction of sp³-hybridized carbons (Fsp3) is 0.400. The van der Waals surface area contributed by atoms with Gasteiger partial charge >= 0.3 is 0 Å². The summed E-state index contributed by atoms with van der Waals surface area (Å²) in [4.78, 5) is 13.8. The summed E-state index contributed by atoms with van der Waals surface area (Å²) in [7, 11) is 0. The molecule has 0 aromatic heterocycles. The number of benzene rings is 2. The molecule has 2 unspecified atom stereocenters. The zero-order valence-electron chi connectivity index (χ0n) is 13.6. The van der Waals surface area contributed by atoms with Crippen molar-refractivity contribution in [3.63, 3.8) is 0 Å². The summed E-state index contributed by atoms with van der Waals surface area (Å²) in [5.74, 6) is 0.621. The van der Waals surface area contributed by atoms with E-state index in [0.29, 0.717) is 17.6 Å². The number of rotatable bonds is 3. The minimum absolute atomic E-state index is 0.557. The van der Waals surface area contributed by atoms with E-state index in [-0.39, 0.29) is 0 Å². The molecule has 1 fully saturated rings. The predicted octanol–water partition coefficient (Wildman–Crippen LogP) is 5.23. The summed E-state index contributed by atoms with van der Waals surface area (Å²) in [6.45, 7) is 2.12. The monoisotopic (exact) mass is 384 g/mol. The van der Waals surface area contributed by atoms with E-state index in [1.807, 2.05) is 12.1 Å². The molecule has 2 aromatic carbocycles. The van der Waals surface area contributed by atoms with E-state index < -0.39 is 0 Å². The van der Waals surface area contributed by atoms with Gasteiger partial charge < -0.3 is 0 Å². The number of halogens is 1. The van der Waals surface area contributed by atoms with Crippen LogP contribution in [0.25, 0.3) is 0 Å². The Bertz CT molecular complexity index is 761. The third-order valence-electron chi connectivity index (χ3n) is 5.49. The average molecular weight is 385 g/mol. The highest BCUT2D eigenvalue weighted by Crippen LogP contribution is 2.36. The molecular weight excluding hydrogens is 364 g/mol. The molecule has 2 bridgehead atoms. The van der Waals surface area contributed by atoms with E-state index in [1.165, 1.54) is 29.5 Å². The maximum atomic E-state index is 11.2. The summed E-state index contributed by atoms with van der Waals surface area (Å²) in [6, 6.07) is 15.2. The Labute approximate surface area is 151 Å². The van der Waals surface area contributed by atoms with Crippen LogP contribution in [0.15, 0.2) is 52.1 Å². The van der Waals surface area contributed by atoms with Crippen molar-refractivity contribution in [1.29, 1.82) is 0 Å². The normalized spacial score (nSPS) is 23.4. The van der Waals surface area contributed by atoms with Gasteiger partial charge in [-0.25, -0.2) is 0 Å². The minimum atomic E-state index is 0.557. The van der Waals surface area contributed by atoms with Gasteiger partial charge in [0.05, 0.1) is 0 Å². The van der Waals surface area contributed by atoms with Crippen LogP contribution < -0.4 is 0 Å². The summed E-state index contributed by atoms with van der Waals surface area (Å²) in [5, 5.41) is 3.27. The SMILES string of the molecule is O=Nc1cccc2c1CC1CCC(C2)N(Cc2cccc(Br)c2)C1. The van der Waals surface area contributed by atoms with E-state index >= 15 is 0 Å². The zero-order valence-corrected chi connectivity index (χ0v) is 15.2. The van der Waals surface area contributed by atoms with Gasteiger partial charge in [0.1, 0.15) is 5.69 Å². The lowest BCUT2D eigenvalue weighted by Gasteiger charge is -2.42. The highest BCUT2D eigenvalue weighted by atomic mass is 79.9. The molecule has 3 nitrogen and oxygen atoms in total. The van der Waals surface area contributed by atoms with Crippen molar-refractivity contribution in [2.45, 2.75) is 38.3 Å². The van der Waals surface area contributed by atoms with E-state index in [9.17, 15) is 4.91 Å². The molecule has 1 saturated heterocycles. The van der Waals surface area contributed by atoms with Gasteiger partial charge in [0.25, 0.3) is 0 Å². The van der Waals surface area contributed by atoms with Crippen molar-refractivity contribution >= 4 is 21.6 Å². The summed E-state index contributed by atoms with van der Waals surface area (Å²) >= 11 is 3.57. The van der Waals surface area contributed by atoms with E-state index in [4.69, 9.17) is 0 Å². The van der Waals surface area contributed by atoms with Crippen molar-refractivity contribution in [2.24, 2.45) is 11.1 Å². The molecule has 24 heavy (non-hydrogen) atoms. The molecule has 0 amide bonds. The Morgan fingerprint density at radius 1 is 1.12 bits per heavy atom. The largest absolute Gasteiger partial charge is 0.296 e. The van der Waals surface area contributed by atoms with Crippen molar-refractivity contribution in [1.82, 2.24) is 4.90 Å². The molecule has 2 heterocycles. The predicted molar refractivity (Wildman–Crippen MR) is 100 cm³/mol. The van der Waals surface area contributed by atoms with Crippen LogP contribution in [0.2, 0.25) is 0 Å². The topological polar surface area (TPSA) is 32.7 Å². The number of nitroso groups, excluding NO2 is 1. The Balaban J connectivity index is 1.62. The first-order valence-corrected chi connectivity index (χ1v) is 9.45. The van der Waals surface area contributed by atoms with Crippen molar-refractivity contribution in [2.75, 3.05) is 6.54 Å². The number of nitrogens with zero attached hydrogens (tertiary/aromatic N) is 2. The fourth-order valence-corrected chi connectivity index (χ4v) is 4.77. The van der Waals surface area contributed by atoms with Gasteiger partial charge in [-0.15, -0.1) is 4.91 Å². The highest BCUT2D eigenvalue weighted by molar-refractivity contribution is 9.10. The van der Waals surface area contributed by atoms with Crippen LogP contribution in [0.5, 0.6) is 0 Å². The molecule has 0 saturated carbocycles. The van der Waals surface area contributed by atoms with Gasteiger partial charge in [0.15, 0.2) is 0 Å². The van der Waals surface area contributed by atoms with Crippen LogP contribution in [-0.4, -0.2) is 17.5 Å². The third kappa shape index (κ3) is 3.17. The lowest BCUT2D eigenvalue weighted by molar-refractivity contribution is 0.0939. The molecule has 0 N–H and O–H groups in total. The molecule has 5 rings (SSSR count). The van der Waals surface area contributed by atoms with Gasteiger partial charge in [-0.1, -0.05) is 40.2 Å². The van der Waals surface area contributed by atoms with Crippen molar-refractivity contribution < 1.29 is 0 Å². The minimum Gasteiger partial charge on any atom is -0.296 e. The fourth-order valence-electron chi connectivity index (χ4n) is 4.32. The second kappa shape index (κ2) is 6.77. The molecule has 0 spiro atoms. The maximum absolute atomic E-state index is 11.2. The maximum Gasteiger partial charge on any atom is 0.111 e. The Morgan fingerprint density at radius 2 is 2.00 bits per heavy atom. The standard InChI is InChI=1S/C20H21BrN2O/c21-17-5-1-3-14(9-17)12-23-13-15-7-8-18(23)11-16-4-2-6-20(22-24)19(16)10-15/h1-6,9,15,18H,7-8,10-13H2. The van der Waals surface area contributed by atoms with E-state index in [2.05, 4.69) is 56.3 Å². The van der Waals surface area contributed by atoms with Crippen LogP contribution in [0, 0.1) is 10.8 Å². The zero-order chi connectivity index (χ0) is 16.5. The summed E-state index contributed by atoms with van der Waals surface area (Å²) in [6.07, 6.45) is 4.52. The van der Waals surface area contributed by atoms with Crippen LogP contribution in [-0.2, 0) is 19.4 Å². The van der Waals surface area contributed by atoms with Gasteiger partial charge in [-0.05, 0) is 71.7 Å². The van der Waals surface area contributed by atoms with Gasteiger partial charge in [0, 0.05) is 23.6 Å². The molecule has 124 valence electrons. The Hall–Kier alpha value is -1.52. The first kappa shape index (κ1) is 16.0. The molecule has 3 aliphatic rings. The smallest absolute Gasteiger partial charge is 0.111 e. The van der Waals surface area contributed by atoms with Crippen LogP contribution in [0.3, 0.4) is 0 Å². The second-order valence-electron chi connectivity index (χ2n) is 7.07. The van der Waals surface area contributed by atoms with Crippen LogP contribution in [0.1, 0.15) is 29.5 Å². The van der Waals surface area contributed by atoms with Gasteiger partial charge in [-0.3, -0.25) is 4.90 Å². The number of hydrogen-bond acceptors (Lipinski definition) is 3. The average Bonchev–Trinajstić information content (AvgIpc) is 2.55. The number of fused-ring (bicyclic) bond motifs is 2. The van der Waals surface area contributed by atoms with Crippen molar-refractivity contribution in [3.05, 3.63) is 68.5 Å². The number of piperidine rings is 1. The molecule has 2 aromatic rings. The number of hydrogen-bond donors (Lipinski definition) is 0. The quantitative estimate of drug-likeness (QED) is 0.678. The molecule has 2 aliphatic heterocycles. The van der Waals surface area contributed by atoms with Crippen molar-refractivity contribution in [3.8, 4) is 0 Å². The Morgan fingerprint density at radius 3 is 2.83 bits per heavy atom. The van der Waals surface area contributed by atoms with Gasteiger partial charge in [0.2, 0.25) is 0 Å². The Kier molecular flexibility index (Phi) is 4.51. The third-order valence-corrected chi connectivity index (χ3v) is 5.98. The molecule has 0 radical (unpaired) electrons. The molecule has 1 aliphatic carbocycles. The van der Waals surface area contributed by atoms with Crippen LogP contribution in [0.4, 0.5) is 5.69 Å². The lowest BCUT2D eigenvalue weighted by Crippen LogP contribution is -2.46. The molecule has 2 atom stereocenters. The molecular formula is C20H21BrN2O. The first-order valence-electron chi connectivity index (χ1n) is 8.65. The lowest BCUT2D eigenvalue weighted by atomic mass is 9.79. The first-order chi connectivity index (χ1) is 11.7. The van der Waals surface area contributed by atoms with Gasteiger partial charge in [-0.2, -0.15) is 0 Å². The second-order valence-corrected chi connectivity index (χ2v) is 7.99. The summed E-state index contributed by atoms with van der Waals surface area (Å²) in [5.41, 5.74) is 4.53. The van der Waals surface area contributed by atoms with E-state index in [1.54, 1.807) is 0 Å². The summed E-state index contributed by atoms with van der Waals surface area (Å²) < 4.78 is 1.14.